The molecule has 5 heteroatoms. The highest BCUT2D eigenvalue weighted by atomic mass is 79.9. The molecule has 23 heavy (non-hydrogen) atoms. The molecule has 0 N–H and O–H groups in total. The van der Waals surface area contributed by atoms with Gasteiger partial charge in [0.05, 0.1) is 13.0 Å². The molecule has 1 aliphatic rings. The van der Waals surface area contributed by atoms with Crippen molar-refractivity contribution in [2.75, 3.05) is 7.11 Å². The number of benzene rings is 1. The third-order valence-corrected chi connectivity index (χ3v) is 4.86. The number of hydrogen-bond acceptors (Lipinski definition) is 4. The number of hydrogen-bond donors (Lipinski definition) is 0. The Labute approximate surface area is 145 Å². The molecular weight excluding hydrogens is 360 g/mol. The second kappa shape index (κ2) is 6.87. The first-order valence-corrected chi connectivity index (χ1v) is 8.24. The highest BCUT2D eigenvalue weighted by molar-refractivity contribution is 9.10. The van der Waals surface area contributed by atoms with E-state index in [0.717, 1.165) is 10.0 Å². The van der Waals surface area contributed by atoms with E-state index in [4.69, 9.17) is 9.47 Å². The zero-order valence-corrected chi connectivity index (χ0v) is 15.3. The Morgan fingerprint density at radius 3 is 2.65 bits per heavy atom. The molecular formula is C18H21BrO4. The fourth-order valence-corrected chi connectivity index (χ4v) is 3.25. The molecule has 0 amide bonds. The van der Waals surface area contributed by atoms with Crippen molar-refractivity contribution in [3.8, 4) is 0 Å². The Balaban J connectivity index is 1.98. The minimum absolute atomic E-state index is 0.00314. The van der Waals surface area contributed by atoms with Crippen molar-refractivity contribution in [1.82, 2.24) is 0 Å². The largest absolute Gasteiger partial charge is 0.466 e. The molecule has 1 aromatic carbocycles. The average Bonchev–Trinajstić information content (AvgIpc) is 3.04. The highest BCUT2D eigenvalue weighted by Gasteiger charge is 2.61. The molecule has 2 atom stereocenters. The maximum atomic E-state index is 12.3. The highest BCUT2D eigenvalue weighted by Crippen LogP contribution is 2.59. The summed E-state index contributed by atoms with van der Waals surface area (Å²) < 4.78 is 11.1. The van der Waals surface area contributed by atoms with Gasteiger partial charge in [-0.25, -0.2) is 4.79 Å². The fourth-order valence-electron chi connectivity index (χ4n) is 2.81. The predicted molar refractivity (Wildman–Crippen MR) is 90.5 cm³/mol. The number of carbonyl (C=O) groups excluding carboxylic acids is 2. The van der Waals surface area contributed by atoms with E-state index in [-0.39, 0.29) is 35.8 Å². The van der Waals surface area contributed by atoms with Gasteiger partial charge in [-0.15, -0.1) is 0 Å². The Kier molecular flexibility index (Phi) is 5.30. The van der Waals surface area contributed by atoms with Gasteiger partial charge in [-0.2, -0.15) is 0 Å². The lowest BCUT2D eigenvalue weighted by Gasteiger charge is -2.06. The van der Waals surface area contributed by atoms with Gasteiger partial charge in [0.2, 0.25) is 0 Å². The van der Waals surface area contributed by atoms with Crippen LogP contribution in [0.4, 0.5) is 0 Å². The minimum Gasteiger partial charge on any atom is -0.466 e. The van der Waals surface area contributed by atoms with Crippen molar-refractivity contribution in [3.63, 3.8) is 0 Å². The van der Waals surface area contributed by atoms with Crippen LogP contribution in [-0.2, 0) is 25.7 Å². The number of halogens is 1. The van der Waals surface area contributed by atoms with Crippen LogP contribution in [0.5, 0.6) is 0 Å². The molecule has 0 spiro atoms. The van der Waals surface area contributed by atoms with E-state index in [1.165, 1.54) is 7.11 Å². The molecule has 0 heterocycles. The standard InChI is InChI=1S/C18H21BrO4/c1-11(16(20)22-4)8-14-15(18(14,2)3)17(21)23-10-12-6-5-7-13(19)9-12/h5-9,14-15H,10H2,1-4H3/b11-8+/t14-,15+/m1/s1. The van der Waals surface area contributed by atoms with Crippen LogP contribution in [0.25, 0.3) is 0 Å². The van der Waals surface area contributed by atoms with Gasteiger partial charge in [-0.05, 0) is 36.0 Å². The number of ether oxygens (including phenoxy) is 2. The summed E-state index contributed by atoms with van der Waals surface area (Å²) >= 11 is 3.39. The third-order valence-electron chi connectivity index (χ3n) is 4.37. The molecule has 2 rings (SSSR count). The lowest BCUT2D eigenvalue weighted by Crippen LogP contribution is -2.10. The molecule has 0 radical (unpaired) electrons. The van der Waals surface area contributed by atoms with Gasteiger partial charge in [0.25, 0.3) is 0 Å². The normalized spacial score (nSPS) is 22.4. The molecule has 124 valence electrons. The SMILES string of the molecule is COC(=O)/C(C)=C/[C@@H]1[C@@H](C(=O)OCc2cccc(Br)c2)C1(C)C. The van der Waals surface area contributed by atoms with Gasteiger partial charge in [-0.1, -0.05) is 48.0 Å². The molecule has 0 unspecified atom stereocenters. The Hall–Kier alpha value is -1.62. The van der Waals surface area contributed by atoms with Crippen molar-refractivity contribution in [3.05, 3.63) is 46.0 Å². The lowest BCUT2D eigenvalue weighted by molar-refractivity contribution is -0.147. The Morgan fingerprint density at radius 2 is 2.04 bits per heavy atom. The van der Waals surface area contributed by atoms with Gasteiger partial charge < -0.3 is 9.47 Å². The van der Waals surface area contributed by atoms with Gasteiger partial charge in [-0.3, -0.25) is 4.79 Å². The van der Waals surface area contributed by atoms with Crippen LogP contribution in [-0.4, -0.2) is 19.0 Å². The second-order valence-corrected chi connectivity index (χ2v) is 7.32. The zero-order valence-electron chi connectivity index (χ0n) is 13.8. The van der Waals surface area contributed by atoms with Crippen LogP contribution >= 0.6 is 15.9 Å². The van der Waals surface area contributed by atoms with Crippen LogP contribution < -0.4 is 0 Å². The number of methoxy groups -OCH3 is 1. The lowest BCUT2D eigenvalue weighted by atomic mass is 10.1. The van der Waals surface area contributed by atoms with E-state index < -0.39 is 0 Å². The monoisotopic (exact) mass is 380 g/mol. The maximum absolute atomic E-state index is 12.3. The Morgan fingerprint density at radius 1 is 1.35 bits per heavy atom. The van der Waals surface area contributed by atoms with E-state index >= 15 is 0 Å². The molecule has 0 bridgehead atoms. The van der Waals surface area contributed by atoms with E-state index in [1.54, 1.807) is 6.92 Å². The second-order valence-electron chi connectivity index (χ2n) is 6.40. The van der Waals surface area contributed by atoms with E-state index in [9.17, 15) is 9.59 Å². The number of carbonyl (C=O) groups is 2. The molecule has 0 saturated heterocycles. The first-order chi connectivity index (χ1) is 10.8. The molecule has 4 nitrogen and oxygen atoms in total. The number of allylic oxidation sites excluding steroid dienone is 1. The first-order valence-electron chi connectivity index (χ1n) is 7.45. The van der Waals surface area contributed by atoms with Crippen LogP contribution in [0.15, 0.2) is 40.4 Å². The summed E-state index contributed by atoms with van der Waals surface area (Å²) in [6.45, 7) is 5.95. The van der Waals surface area contributed by atoms with E-state index in [1.807, 2.05) is 44.2 Å². The Bertz CT molecular complexity index is 648. The molecule has 0 aromatic heterocycles. The molecule has 1 aromatic rings. The van der Waals surface area contributed by atoms with Crippen molar-refractivity contribution >= 4 is 27.9 Å². The summed E-state index contributed by atoms with van der Waals surface area (Å²) in [5.41, 5.74) is 1.25. The topological polar surface area (TPSA) is 52.6 Å². The van der Waals surface area contributed by atoms with Crippen molar-refractivity contribution in [2.24, 2.45) is 17.3 Å². The fraction of sp³-hybridized carbons (Fsp3) is 0.444. The summed E-state index contributed by atoms with van der Waals surface area (Å²) in [6.07, 6.45) is 1.82. The summed E-state index contributed by atoms with van der Waals surface area (Å²) in [7, 11) is 1.35. The summed E-state index contributed by atoms with van der Waals surface area (Å²) in [5.74, 6) is -0.825. The first kappa shape index (κ1) is 17.7. The minimum atomic E-state index is -0.367. The van der Waals surface area contributed by atoms with Crippen LogP contribution in [0.1, 0.15) is 26.3 Å². The number of esters is 2. The average molecular weight is 381 g/mol. The molecule has 1 aliphatic carbocycles. The van der Waals surface area contributed by atoms with Gasteiger partial charge in [0.15, 0.2) is 0 Å². The van der Waals surface area contributed by atoms with Gasteiger partial charge in [0.1, 0.15) is 6.61 Å². The number of rotatable bonds is 5. The molecule has 1 fully saturated rings. The summed E-state index contributed by atoms with van der Waals surface area (Å²) in [4.78, 5) is 23.8. The van der Waals surface area contributed by atoms with Crippen LogP contribution in [0.2, 0.25) is 0 Å². The smallest absolute Gasteiger partial charge is 0.333 e. The quantitative estimate of drug-likeness (QED) is 0.574. The molecule has 1 saturated carbocycles. The van der Waals surface area contributed by atoms with E-state index in [0.29, 0.717) is 5.57 Å². The maximum Gasteiger partial charge on any atom is 0.333 e. The van der Waals surface area contributed by atoms with Crippen molar-refractivity contribution in [2.45, 2.75) is 27.4 Å². The van der Waals surface area contributed by atoms with Crippen LogP contribution in [0.3, 0.4) is 0 Å². The van der Waals surface area contributed by atoms with Gasteiger partial charge in [0, 0.05) is 10.0 Å². The van der Waals surface area contributed by atoms with Crippen molar-refractivity contribution < 1.29 is 19.1 Å². The third kappa shape index (κ3) is 4.02. The van der Waals surface area contributed by atoms with Crippen molar-refractivity contribution in [1.29, 1.82) is 0 Å². The van der Waals surface area contributed by atoms with Crippen LogP contribution in [0, 0.1) is 17.3 Å². The summed E-state index contributed by atoms with van der Waals surface area (Å²) in [6, 6.07) is 7.66. The predicted octanol–water partition coefficient (Wildman–Crippen LogP) is 3.88. The van der Waals surface area contributed by atoms with E-state index in [2.05, 4.69) is 15.9 Å². The molecule has 0 aliphatic heterocycles. The van der Waals surface area contributed by atoms with Gasteiger partial charge >= 0.3 is 11.9 Å². The zero-order chi connectivity index (χ0) is 17.2. The summed E-state index contributed by atoms with van der Waals surface area (Å²) in [5, 5.41) is 0.